The molecule has 1 heterocycles. The molecule has 4 heteroatoms. The largest absolute Gasteiger partial charge is 0.376 e. The molecule has 1 aliphatic rings. The number of nitrogens with one attached hydrogen (secondary N) is 1. The second-order valence-corrected chi connectivity index (χ2v) is 6.44. The summed E-state index contributed by atoms with van der Waals surface area (Å²) in [7, 11) is 0. The van der Waals surface area contributed by atoms with Crippen LogP contribution in [0.5, 0.6) is 0 Å². The van der Waals surface area contributed by atoms with Crippen molar-refractivity contribution in [3.63, 3.8) is 0 Å². The minimum atomic E-state index is 0.0140. The van der Waals surface area contributed by atoms with Crippen molar-refractivity contribution in [2.45, 2.75) is 19.1 Å². The summed E-state index contributed by atoms with van der Waals surface area (Å²) in [5.74, 6) is 0. The number of hydrogen-bond donors (Lipinski definition) is 1. The van der Waals surface area contributed by atoms with Crippen LogP contribution in [0.1, 0.15) is 17.2 Å². The number of aryl methyl sites for hydroxylation is 1. The van der Waals surface area contributed by atoms with Crippen LogP contribution in [0, 0.1) is 6.92 Å². The van der Waals surface area contributed by atoms with Gasteiger partial charge in [-0.3, -0.25) is 0 Å². The van der Waals surface area contributed by atoms with Crippen molar-refractivity contribution >= 4 is 21.6 Å². The number of anilines is 1. The van der Waals surface area contributed by atoms with Gasteiger partial charge in [0.15, 0.2) is 0 Å². The van der Waals surface area contributed by atoms with Gasteiger partial charge in [-0.2, -0.15) is 0 Å². The predicted octanol–water partition coefficient (Wildman–Crippen LogP) is 4.33. The third-order valence-electron chi connectivity index (χ3n) is 3.82. The first-order valence-electron chi connectivity index (χ1n) is 7.50. The number of benzene rings is 2. The second-order valence-electron chi connectivity index (χ2n) is 5.52. The van der Waals surface area contributed by atoms with Crippen LogP contribution < -0.4 is 5.32 Å². The maximum absolute atomic E-state index is 5.92. The van der Waals surface area contributed by atoms with Crippen LogP contribution >= 0.6 is 15.9 Å². The molecule has 0 amide bonds. The van der Waals surface area contributed by atoms with Gasteiger partial charge in [-0.1, -0.05) is 45.8 Å². The van der Waals surface area contributed by atoms with Gasteiger partial charge in [0.25, 0.3) is 0 Å². The summed E-state index contributed by atoms with van der Waals surface area (Å²) in [6, 6.07) is 16.9. The fourth-order valence-electron chi connectivity index (χ4n) is 2.59. The van der Waals surface area contributed by atoms with E-state index in [1.54, 1.807) is 0 Å². The summed E-state index contributed by atoms with van der Waals surface area (Å²) < 4.78 is 12.6. The van der Waals surface area contributed by atoms with Gasteiger partial charge in [0.05, 0.1) is 25.9 Å². The van der Waals surface area contributed by atoms with Crippen LogP contribution in [-0.4, -0.2) is 25.9 Å². The van der Waals surface area contributed by atoms with E-state index in [1.165, 1.54) is 11.1 Å². The molecule has 22 heavy (non-hydrogen) atoms. The van der Waals surface area contributed by atoms with Crippen LogP contribution in [0.25, 0.3) is 0 Å². The van der Waals surface area contributed by atoms with E-state index in [9.17, 15) is 0 Å². The Labute approximate surface area is 139 Å². The van der Waals surface area contributed by atoms with E-state index in [0.717, 1.165) is 10.2 Å². The lowest BCUT2D eigenvalue weighted by Crippen LogP contribution is -2.37. The van der Waals surface area contributed by atoms with Gasteiger partial charge < -0.3 is 14.8 Å². The molecule has 2 atom stereocenters. The molecule has 0 radical (unpaired) electrons. The average molecular weight is 362 g/mol. The maximum atomic E-state index is 5.92. The Morgan fingerprint density at radius 2 is 1.77 bits per heavy atom. The Hall–Kier alpha value is -1.36. The number of hydrogen-bond acceptors (Lipinski definition) is 3. The zero-order chi connectivity index (χ0) is 15.4. The molecule has 1 N–H and O–H groups in total. The molecule has 0 spiro atoms. The fraction of sp³-hybridized carbons (Fsp3) is 0.333. The Balaban J connectivity index is 1.84. The molecule has 0 bridgehead atoms. The van der Waals surface area contributed by atoms with Crippen molar-refractivity contribution in [1.82, 2.24) is 0 Å². The summed E-state index contributed by atoms with van der Waals surface area (Å²) in [5.41, 5.74) is 3.54. The molecule has 2 aromatic rings. The van der Waals surface area contributed by atoms with Gasteiger partial charge in [-0.25, -0.2) is 0 Å². The summed E-state index contributed by atoms with van der Waals surface area (Å²) >= 11 is 3.47. The Bertz CT molecular complexity index is 591. The van der Waals surface area contributed by atoms with Gasteiger partial charge >= 0.3 is 0 Å². The van der Waals surface area contributed by atoms with Crippen LogP contribution in [0.2, 0.25) is 0 Å². The van der Waals surface area contributed by atoms with Crippen molar-refractivity contribution in [2.24, 2.45) is 0 Å². The Morgan fingerprint density at radius 3 is 2.41 bits per heavy atom. The molecule has 116 valence electrons. The van der Waals surface area contributed by atoms with E-state index in [4.69, 9.17) is 9.47 Å². The van der Waals surface area contributed by atoms with Crippen LogP contribution in [0.4, 0.5) is 5.69 Å². The zero-order valence-electron chi connectivity index (χ0n) is 12.6. The minimum Gasteiger partial charge on any atom is -0.376 e. The molecule has 2 aromatic carbocycles. The molecule has 0 aliphatic carbocycles. The summed E-state index contributed by atoms with van der Waals surface area (Å²) in [6.07, 6.45) is 0.0140. The lowest BCUT2D eigenvalue weighted by atomic mass is 9.99. The molecule has 1 aliphatic heterocycles. The molecule has 2 unspecified atom stereocenters. The maximum Gasteiger partial charge on any atom is 0.105 e. The Kier molecular flexibility index (Phi) is 5.13. The number of ether oxygens (including phenoxy) is 2. The van der Waals surface area contributed by atoms with E-state index in [1.807, 2.05) is 12.1 Å². The minimum absolute atomic E-state index is 0.0140. The van der Waals surface area contributed by atoms with Gasteiger partial charge in [0.2, 0.25) is 0 Å². The first kappa shape index (κ1) is 15.5. The van der Waals surface area contributed by atoms with Gasteiger partial charge in [0.1, 0.15) is 6.10 Å². The van der Waals surface area contributed by atoms with Crippen LogP contribution in [0.3, 0.4) is 0 Å². The quantitative estimate of drug-likeness (QED) is 0.879. The van der Waals surface area contributed by atoms with Crippen molar-refractivity contribution in [2.75, 3.05) is 25.1 Å². The molecule has 3 rings (SSSR count). The van der Waals surface area contributed by atoms with E-state index in [-0.39, 0.29) is 12.1 Å². The van der Waals surface area contributed by atoms with Crippen LogP contribution in [0.15, 0.2) is 53.0 Å². The normalized spacial score (nSPS) is 19.6. The monoisotopic (exact) mass is 361 g/mol. The fourth-order valence-corrected chi connectivity index (χ4v) is 2.85. The SMILES string of the molecule is Cc1ccc(C(Nc2ccc(Br)cc2)C2COCCO2)cc1. The second kappa shape index (κ2) is 7.27. The molecule has 1 fully saturated rings. The number of halogens is 1. The zero-order valence-corrected chi connectivity index (χ0v) is 14.2. The summed E-state index contributed by atoms with van der Waals surface area (Å²) in [5, 5.41) is 3.59. The lowest BCUT2D eigenvalue weighted by molar-refractivity contribution is -0.0950. The first-order valence-corrected chi connectivity index (χ1v) is 8.30. The highest BCUT2D eigenvalue weighted by Crippen LogP contribution is 2.27. The van der Waals surface area contributed by atoms with E-state index < -0.39 is 0 Å². The van der Waals surface area contributed by atoms with Crippen molar-refractivity contribution < 1.29 is 9.47 Å². The average Bonchev–Trinajstić information content (AvgIpc) is 2.56. The molecular weight excluding hydrogens is 342 g/mol. The standard InChI is InChI=1S/C18H20BrNO2/c1-13-2-4-14(5-3-13)18(17-12-21-10-11-22-17)20-16-8-6-15(19)7-9-16/h2-9,17-18,20H,10-12H2,1H3. The van der Waals surface area contributed by atoms with Crippen molar-refractivity contribution in [3.8, 4) is 0 Å². The summed E-state index contributed by atoms with van der Waals surface area (Å²) in [6.45, 7) is 4.04. The third-order valence-corrected chi connectivity index (χ3v) is 4.35. The first-order chi connectivity index (χ1) is 10.7. The van der Waals surface area contributed by atoms with E-state index in [0.29, 0.717) is 19.8 Å². The molecule has 3 nitrogen and oxygen atoms in total. The van der Waals surface area contributed by atoms with Gasteiger partial charge in [0, 0.05) is 10.2 Å². The third kappa shape index (κ3) is 3.88. The molecule has 0 aromatic heterocycles. The highest BCUT2D eigenvalue weighted by Gasteiger charge is 2.26. The molecule has 0 saturated carbocycles. The van der Waals surface area contributed by atoms with Gasteiger partial charge in [-0.15, -0.1) is 0 Å². The van der Waals surface area contributed by atoms with Crippen molar-refractivity contribution in [1.29, 1.82) is 0 Å². The smallest absolute Gasteiger partial charge is 0.105 e. The van der Waals surface area contributed by atoms with Crippen LogP contribution in [-0.2, 0) is 9.47 Å². The number of rotatable bonds is 4. The lowest BCUT2D eigenvalue weighted by Gasteiger charge is -2.32. The summed E-state index contributed by atoms with van der Waals surface area (Å²) in [4.78, 5) is 0. The van der Waals surface area contributed by atoms with E-state index >= 15 is 0 Å². The van der Waals surface area contributed by atoms with Gasteiger partial charge in [-0.05, 0) is 36.8 Å². The topological polar surface area (TPSA) is 30.5 Å². The predicted molar refractivity (Wildman–Crippen MR) is 92.2 cm³/mol. The highest BCUT2D eigenvalue weighted by molar-refractivity contribution is 9.10. The molecular formula is C18H20BrNO2. The molecule has 1 saturated heterocycles. The van der Waals surface area contributed by atoms with E-state index in [2.05, 4.69) is 64.6 Å². The van der Waals surface area contributed by atoms with Crippen molar-refractivity contribution in [3.05, 3.63) is 64.1 Å². The highest BCUT2D eigenvalue weighted by atomic mass is 79.9. The Morgan fingerprint density at radius 1 is 1.05 bits per heavy atom.